The smallest absolute Gasteiger partial charge is 0.251 e. The predicted octanol–water partition coefficient (Wildman–Crippen LogP) is 4.76. The van der Waals surface area contributed by atoms with E-state index in [4.69, 9.17) is 0 Å². The number of aromatic nitrogens is 4. The van der Waals surface area contributed by atoms with E-state index in [1.165, 1.54) is 45.3 Å². The third-order valence-corrected chi connectivity index (χ3v) is 7.61. The largest absolute Gasteiger partial charge is 0.349 e. The van der Waals surface area contributed by atoms with Gasteiger partial charge in [0.15, 0.2) is 0 Å². The van der Waals surface area contributed by atoms with Crippen LogP contribution in [0.3, 0.4) is 0 Å². The number of imidazole rings is 2. The van der Waals surface area contributed by atoms with Crippen molar-refractivity contribution in [3.63, 3.8) is 0 Å². The summed E-state index contributed by atoms with van der Waals surface area (Å²) in [6.45, 7) is 10.3. The SMILES string of the molecule is CCCN(CCC)CC1CCC(NC(=O)c2ccc(CN(Cc3ncc[nH]3)Cc3nccn3C)cc2)CC1. The molecule has 1 saturated carbocycles. The summed E-state index contributed by atoms with van der Waals surface area (Å²) in [6, 6.07) is 8.32. The fourth-order valence-corrected chi connectivity index (χ4v) is 5.58. The minimum atomic E-state index is 0.0408. The first-order valence-electron chi connectivity index (χ1n) is 14.3. The van der Waals surface area contributed by atoms with Gasteiger partial charge in [0.2, 0.25) is 0 Å². The molecule has 1 aliphatic rings. The molecule has 0 spiro atoms. The molecule has 0 atom stereocenters. The Bertz CT molecular complexity index is 1080. The van der Waals surface area contributed by atoms with E-state index in [0.29, 0.717) is 13.1 Å². The standard InChI is InChI=1S/C30H45N7O/c1-4-17-36(18-5-2)20-25-8-12-27(13-9-25)34-30(38)26-10-6-24(7-11-26)21-37(22-28-31-14-15-32-28)23-29-33-16-19-35(29)3/h6-7,10-11,14-16,19,25,27H,4-5,8-9,12-13,17-18,20-23H2,1-3H3,(H,31,32)(H,34,38). The van der Waals surface area contributed by atoms with Crippen LogP contribution >= 0.6 is 0 Å². The molecule has 0 bridgehead atoms. The molecule has 2 heterocycles. The molecule has 4 rings (SSSR count). The van der Waals surface area contributed by atoms with Crippen LogP contribution in [0, 0.1) is 5.92 Å². The summed E-state index contributed by atoms with van der Waals surface area (Å²) in [7, 11) is 2.01. The van der Waals surface area contributed by atoms with Gasteiger partial charge in [-0.1, -0.05) is 26.0 Å². The number of benzene rings is 1. The van der Waals surface area contributed by atoms with Gasteiger partial charge in [-0.2, -0.15) is 0 Å². The Labute approximate surface area is 227 Å². The van der Waals surface area contributed by atoms with E-state index < -0.39 is 0 Å². The number of aryl methyl sites for hydroxylation is 1. The van der Waals surface area contributed by atoms with Gasteiger partial charge >= 0.3 is 0 Å². The van der Waals surface area contributed by atoms with Gasteiger partial charge in [-0.25, -0.2) is 9.97 Å². The van der Waals surface area contributed by atoms with Crippen LogP contribution < -0.4 is 5.32 Å². The van der Waals surface area contributed by atoms with E-state index in [1.807, 2.05) is 42.3 Å². The highest BCUT2D eigenvalue weighted by Crippen LogP contribution is 2.26. The maximum Gasteiger partial charge on any atom is 0.251 e. The third-order valence-electron chi connectivity index (χ3n) is 7.61. The van der Waals surface area contributed by atoms with Gasteiger partial charge in [-0.15, -0.1) is 0 Å². The van der Waals surface area contributed by atoms with E-state index in [0.717, 1.165) is 48.1 Å². The summed E-state index contributed by atoms with van der Waals surface area (Å²) in [5.74, 6) is 2.73. The number of rotatable bonds is 14. The first kappa shape index (κ1) is 28.0. The van der Waals surface area contributed by atoms with E-state index in [-0.39, 0.29) is 11.9 Å². The molecule has 2 aromatic heterocycles. The van der Waals surface area contributed by atoms with Crippen LogP contribution in [0.4, 0.5) is 0 Å². The topological polar surface area (TPSA) is 82.1 Å². The molecule has 1 aliphatic carbocycles. The van der Waals surface area contributed by atoms with Crippen molar-refractivity contribution in [2.24, 2.45) is 13.0 Å². The van der Waals surface area contributed by atoms with E-state index in [1.54, 1.807) is 6.20 Å². The molecular weight excluding hydrogens is 474 g/mol. The second kappa shape index (κ2) is 14.3. The van der Waals surface area contributed by atoms with Gasteiger partial charge in [0.05, 0.1) is 13.1 Å². The van der Waals surface area contributed by atoms with Crippen LogP contribution in [0.25, 0.3) is 0 Å². The van der Waals surface area contributed by atoms with E-state index in [9.17, 15) is 4.79 Å². The van der Waals surface area contributed by atoms with Crippen LogP contribution in [0.15, 0.2) is 49.1 Å². The highest BCUT2D eigenvalue weighted by Gasteiger charge is 2.24. The molecule has 2 N–H and O–H groups in total. The molecule has 206 valence electrons. The van der Waals surface area contributed by atoms with Crippen molar-refractivity contribution in [3.8, 4) is 0 Å². The number of nitrogens with zero attached hydrogens (tertiary/aromatic N) is 5. The normalized spacial score (nSPS) is 17.8. The maximum absolute atomic E-state index is 13.0. The summed E-state index contributed by atoms with van der Waals surface area (Å²) in [5.41, 5.74) is 1.89. The minimum Gasteiger partial charge on any atom is -0.349 e. The lowest BCUT2D eigenvalue weighted by Gasteiger charge is -2.33. The summed E-state index contributed by atoms with van der Waals surface area (Å²) in [6.07, 6.45) is 14.4. The molecule has 0 radical (unpaired) electrons. The fourth-order valence-electron chi connectivity index (χ4n) is 5.58. The highest BCUT2D eigenvalue weighted by molar-refractivity contribution is 5.94. The Balaban J connectivity index is 1.28. The Morgan fingerprint density at radius 1 is 0.974 bits per heavy atom. The molecule has 0 saturated heterocycles. The van der Waals surface area contributed by atoms with Gasteiger partial charge in [0.1, 0.15) is 11.6 Å². The maximum atomic E-state index is 13.0. The lowest BCUT2D eigenvalue weighted by Crippen LogP contribution is -2.40. The average molecular weight is 520 g/mol. The zero-order valence-electron chi connectivity index (χ0n) is 23.4. The molecule has 8 nitrogen and oxygen atoms in total. The number of H-pyrrole nitrogens is 1. The summed E-state index contributed by atoms with van der Waals surface area (Å²) < 4.78 is 2.04. The summed E-state index contributed by atoms with van der Waals surface area (Å²) in [4.78, 5) is 30.0. The predicted molar refractivity (Wildman–Crippen MR) is 151 cm³/mol. The number of carbonyl (C=O) groups excluding carboxylic acids is 1. The van der Waals surface area contributed by atoms with Crippen molar-refractivity contribution >= 4 is 5.91 Å². The van der Waals surface area contributed by atoms with Crippen molar-refractivity contribution in [1.29, 1.82) is 0 Å². The van der Waals surface area contributed by atoms with Gasteiger partial charge < -0.3 is 19.8 Å². The van der Waals surface area contributed by atoms with Crippen molar-refractivity contribution in [1.82, 2.24) is 34.6 Å². The van der Waals surface area contributed by atoms with Crippen molar-refractivity contribution in [2.75, 3.05) is 19.6 Å². The van der Waals surface area contributed by atoms with Crippen LogP contribution in [-0.2, 0) is 26.7 Å². The number of hydrogen-bond donors (Lipinski definition) is 2. The Hall–Kier alpha value is -2.97. The number of amides is 1. The number of hydrogen-bond acceptors (Lipinski definition) is 5. The molecule has 38 heavy (non-hydrogen) atoms. The Morgan fingerprint density at radius 2 is 1.71 bits per heavy atom. The first-order chi connectivity index (χ1) is 18.5. The second-order valence-electron chi connectivity index (χ2n) is 10.8. The quantitative estimate of drug-likeness (QED) is 0.321. The molecule has 1 aromatic carbocycles. The molecular formula is C30H45N7O. The third kappa shape index (κ3) is 8.27. The number of aromatic amines is 1. The monoisotopic (exact) mass is 519 g/mol. The number of carbonyl (C=O) groups is 1. The molecule has 0 unspecified atom stereocenters. The molecule has 0 aliphatic heterocycles. The lowest BCUT2D eigenvalue weighted by atomic mass is 9.85. The van der Waals surface area contributed by atoms with Gasteiger partial charge in [0.25, 0.3) is 5.91 Å². The molecule has 1 fully saturated rings. The number of nitrogens with one attached hydrogen (secondary N) is 2. The average Bonchev–Trinajstić information content (AvgIpc) is 3.57. The zero-order chi connectivity index (χ0) is 26.7. The van der Waals surface area contributed by atoms with E-state index in [2.05, 4.69) is 56.0 Å². The van der Waals surface area contributed by atoms with Gasteiger partial charge in [-0.05, 0) is 75.2 Å². The lowest BCUT2D eigenvalue weighted by molar-refractivity contribution is 0.0916. The van der Waals surface area contributed by atoms with E-state index >= 15 is 0 Å². The second-order valence-corrected chi connectivity index (χ2v) is 10.8. The van der Waals surface area contributed by atoms with Gasteiger partial charge in [0, 0.05) is 56.5 Å². The van der Waals surface area contributed by atoms with Crippen molar-refractivity contribution < 1.29 is 4.79 Å². The van der Waals surface area contributed by atoms with Crippen LogP contribution in [0.5, 0.6) is 0 Å². The summed E-state index contributed by atoms with van der Waals surface area (Å²) >= 11 is 0. The van der Waals surface area contributed by atoms with Crippen LogP contribution in [0.2, 0.25) is 0 Å². The van der Waals surface area contributed by atoms with Gasteiger partial charge in [-0.3, -0.25) is 9.69 Å². The van der Waals surface area contributed by atoms with Crippen molar-refractivity contribution in [3.05, 3.63) is 71.8 Å². The molecule has 1 amide bonds. The van der Waals surface area contributed by atoms with Crippen molar-refractivity contribution in [2.45, 2.75) is 78.0 Å². The fraction of sp³-hybridized carbons (Fsp3) is 0.567. The zero-order valence-corrected chi connectivity index (χ0v) is 23.4. The Kier molecular flexibility index (Phi) is 10.5. The Morgan fingerprint density at radius 3 is 2.32 bits per heavy atom. The molecule has 3 aromatic rings. The highest BCUT2D eigenvalue weighted by atomic mass is 16.1. The molecule has 8 heteroatoms. The first-order valence-corrected chi connectivity index (χ1v) is 14.3. The minimum absolute atomic E-state index is 0.0408. The summed E-state index contributed by atoms with van der Waals surface area (Å²) in [5, 5.41) is 3.30. The van der Waals surface area contributed by atoms with Crippen LogP contribution in [-0.4, -0.2) is 60.9 Å². The van der Waals surface area contributed by atoms with Crippen LogP contribution in [0.1, 0.15) is 79.9 Å².